The molecular formula is C19H27BO4S. The predicted octanol–water partition coefficient (Wildman–Crippen LogP) is 2.80. The van der Waals surface area contributed by atoms with Crippen LogP contribution in [0.4, 0.5) is 0 Å². The zero-order chi connectivity index (χ0) is 18.6. The lowest BCUT2D eigenvalue weighted by Crippen LogP contribution is -2.41. The van der Waals surface area contributed by atoms with Crippen molar-refractivity contribution in [1.29, 1.82) is 0 Å². The monoisotopic (exact) mass is 362 g/mol. The van der Waals surface area contributed by atoms with Crippen molar-refractivity contribution in [3.8, 4) is 0 Å². The van der Waals surface area contributed by atoms with Crippen LogP contribution >= 0.6 is 0 Å². The van der Waals surface area contributed by atoms with Crippen molar-refractivity contribution in [2.24, 2.45) is 0 Å². The fourth-order valence-corrected chi connectivity index (χ4v) is 4.68. The summed E-state index contributed by atoms with van der Waals surface area (Å²) >= 11 is 0. The molecule has 0 saturated carbocycles. The molecule has 0 atom stereocenters. The van der Waals surface area contributed by atoms with Crippen molar-refractivity contribution < 1.29 is 17.7 Å². The summed E-state index contributed by atoms with van der Waals surface area (Å²) in [6, 6.07) is 4.21. The van der Waals surface area contributed by atoms with Gasteiger partial charge in [0.2, 0.25) is 0 Å². The molecule has 25 heavy (non-hydrogen) atoms. The number of aryl methyl sites for hydroxylation is 2. The van der Waals surface area contributed by atoms with Gasteiger partial charge in [-0.25, -0.2) is 8.42 Å². The molecule has 0 aromatic heterocycles. The highest BCUT2D eigenvalue weighted by Crippen LogP contribution is 2.37. The minimum absolute atomic E-state index is 0.139. The number of benzene rings is 1. The highest BCUT2D eigenvalue weighted by atomic mass is 32.2. The van der Waals surface area contributed by atoms with E-state index in [0.29, 0.717) is 6.42 Å². The molecular weight excluding hydrogens is 335 g/mol. The van der Waals surface area contributed by atoms with Crippen LogP contribution in [-0.4, -0.2) is 38.2 Å². The van der Waals surface area contributed by atoms with Crippen molar-refractivity contribution in [1.82, 2.24) is 0 Å². The van der Waals surface area contributed by atoms with Crippen LogP contribution < -0.4 is 5.46 Å². The second kappa shape index (κ2) is 5.97. The highest BCUT2D eigenvalue weighted by molar-refractivity contribution is 7.91. The van der Waals surface area contributed by atoms with Crippen molar-refractivity contribution in [3.63, 3.8) is 0 Å². The van der Waals surface area contributed by atoms with Crippen LogP contribution in [0.25, 0.3) is 5.57 Å². The Balaban J connectivity index is 1.94. The first-order valence-corrected chi connectivity index (χ1v) is 10.6. The molecule has 4 nitrogen and oxygen atoms in total. The molecule has 1 saturated heterocycles. The average Bonchev–Trinajstić information content (AvgIpc) is 2.68. The van der Waals surface area contributed by atoms with Crippen LogP contribution in [0.3, 0.4) is 0 Å². The molecule has 0 unspecified atom stereocenters. The highest BCUT2D eigenvalue weighted by Gasteiger charge is 2.51. The lowest BCUT2D eigenvalue weighted by molar-refractivity contribution is 0.00578. The Morgan fingerprint density at radius 1 is 1.00 bits per heavy atom. The average molecular weight is 362 g/mol. The summed E-state index contributed by atoms with van der Waals surface area (Å²) in [4.78, 5) is 0. The van der Waals surface area contributed by atoms with Crippen LogP contribution in [-0.2, 0) is 19.1 Å². The third-order valence-electron chi connectivity index (χ3n) is 5.67. The first-order valence-electron chi connectivity index (χ1n) is 8.78. The van der Waals surface area contributed by atoms with Gasteiger partial charge in [0.1, 0.15) is 0 Å². The standard InChI is InChI=1S/C19H27BO4S/c1-13-11-16(20-23-18(3,4)19(5,6)24-20)12-14(2)17(13)15-7-9-25(21,22)10-8-15/h7,11-12H,8-10H2,1-6H3. The third kappa shape index (κ3) is 3.44. The van der Waals surface area contributed by atoms with Crippen molar-refractivity contribution in [3.05, 3.63) is 34.9 Å². The maximum atomic E-state index is 11.7. The topological polar surface area (TPSA) is 52.6 Å². The maximum absolute atomic E-state index is 11.7. The molecule has 0 spiro atoms. The molecule has 0 amide bonds. The summed E-state index contributed by atoms with van der Waals surface area (Å²) in [6.45, 7) is 12.3. The van der Waals surface area contributed by atoms with E-state index in [4.69, 9.17) is 9.31 Å². The van der Waals surface area contributed by atoms with Gasteiger partial charge < -0.3 is 9.31 Å². The van der Waals surface area contributed by atoms with Gasteiger partial charge in [-0.3, -0.25) is 0 Å². The van der Waals surface area contributed by atoms with E-state index in [-0.39, 0.29) is 29.8 Å². The Hall–Kier alpha value is -1.11. The van der Waals surface area contributed by atoms with Gasteiger partial charge in [-0.05, 0) is 75.7 Å². The Bertz CT molecular complexity index is 798. The van der Waals surface area contributed by atoms with E-state index >= 15 is 0 Å². The van der Waals surface area contributed by atoms with E-state index in [0.717, 1.165) is 27.7 Å². The molecule has 1 aromatic rings. The number of rotatable bonds is 2. The molecule has 2 aliphatic rings. The Morgan fingerprint density at radius 3 is 1.96 bits per heavy atom. The van der Waals surface area contributed by atoms with Crippen molar-refractivity contribution in [2.45, 2.75) is 59.2 Å². The van der Waals surface area contributed by atoms with Gasteiger partial charge in [0.25, 0.3) is 0 Å². The van der Waals surface area contributed by atoms with Crippen LogP contribution in [0.2, 0.25) is 0 Å². The smallest absolute Gasteiger partial charge is 0.399 e. The zero-order valence-electron chi connectivity index (χ0n) is 16.0. The number of allylic oxidation sites excluding steroid dienone is 1. The number of hydrogen-bond donors (Lipinski definition) is 0. The maximum Gasteiger partial charge on any atom is 0.494 e. The van der Waals surface area contributed by atoms with Gasteiger partial charge in [-0.1, -0.05) is 18.2 Å². The van der Waals surface area contributed by atoms with Gasteiger partial charge in [-0.15, -0.1) is 0 Å². The van der Waals surface area contributed by atoms with Gasteiger partial charge in [0.05, 0.1) is 22.7 Å². The van der Waals surface area contributed by atoms with Gasteiger partial charge in [0.15, 0.2) is 9.84 Å². The largest absolute Gasteiger partial charge is 0.494 e. The second-order valence-corrected chi connectivity index (χ2v) is 10.4. The lowest BCUT2D eigenvalue weighted by Gasteiger charge is -2.32. The van der Waals surface area contributed by atoms with Crippen molar-refractivity contribution in [2.75, 3.05) is 11.5 Å². The molecule has 136 valence electrons. The summed E-state index contributed by atoms with van der Waals surface area (Å²) in [5.41, 5.74) is 4.85. The van der Waals surface area contributed by atoms with Crippen molar-refractivity contribution >= 4 is 28.0 Å². The fraction of sp³-hybridized carbons (Fsp3) is 0.579. The van der Waals surface area contributed by atoms with Crippen LogP contribution in [0, 0.1) is 13.8 Å². The SMILES string of the molecule is Cc1cc(B2OC(C)(C)C(C)(C)O2)cc(C)c1C1=CCS(=O)(=O)CC1. The molecule has 1 aromatic carbocycles. The summed E-state index contributed by atoms with van der Waals surface area (Å²) in [5.74, 6) is 0.372. The molecule has 6 heteroatoms. The molecule has 0 aliphatic carbocycles. The molecule has 0 radical (unpaired) electrons. The van der Waals surface area contributed by atoms with E-state index in [1.165, 1.54) is 0 Å². The molecule has 2 aliphatic heterocycles. The zero-order valence-corrected chi connectivity index (χ0v) is 16.8. The Kier molecular flexibility index (Phi) is 4.46. The Labute approximate surface area is 151 Å². The van der Waals surface area contributed by atoms with Crippen LogP contribution in [0.5, 0.6) is 0 Å². The molecule has 1 fully saturated rings. The van der Waals surface area contributed by atoms with Gasteiger partial charge >= 0.3 is 7.12 Å². The minimum Gasteiger partial charge on any atom is -0.399 e. The van der Waals surface area contributed by atoms with E-state index in [1.807, 2.05) is 33.8 Å². The summed E-state index contributed by atoms with van der Waals surface area (Å²) in [5, 5.41) is 0. The van der Waals surface area contributed by atoms with Crippen LogP contribution in [0.1, 0.15) is 50.8 Å². The first kappa shape index (κ1) is 18.7. The lowest BCUT2D eigenvalue weighted by atomic mass is 9.76. The minimum atomic E-state index is -2.91. The number of sulfone groups is 1. The van der Waals surface area contributed by atoms with E-state index in [2.05, 4.69) is 26.0 Å². The van der Waals surface area contributed by atoms with Gasteiger partial charge in [-0.2, -0.15) is 0 Å². The number of hydrogen-bond acceptors (Lipinski definition) is 4. The van der Waals surface area contributed by atoms with E-state index < -0.39 is 9.84 Å². The quantitative estimate of drug-likeness (QED) is 0.760. The molecule has 0 bridgehead atoms. The molecule has 3 rings (SSSR count). The summed E-state index contributed by atoms with van der Waals surface area (Å²) < 4.78 is 35.7. The normalized spacial score (nSPS) is 24.2. The Morgan fingerprint density at radius 2 is 1.52 bits per heavy atom. The van der Waals surface area contributed by atoms with E-state index in [9.17, 15) is 8.42 Å². The molecule has 2 heterocycles. The second-order valence-electron chi connectivity index (χ2n) is 8.21. The summed E-state index contributed by atoms with van der Waals surface area (Å²) in [6.07, 6.45) is 2.45. The van der Waals surface area contributed by atoms with Crippen LogP contribution in [0.15, 0.2) is 18.2 Å². The fourth-order valence-electron chi connectivity index (χ4n) is 3.52. The molecule has 0 N–H and O–H groups in total. The third-order valence-corrected chi connectivity index (χ3v) is 7.17. The van der Waals surface area contributed by atoms with Gasteiger partial charge in [0, 0.05) is 0 Å². The van der Waals surface area contributed by atoms with E-state index in [1.54, 1.807) is 0 Å². The summed E-state index contributed by atoms with van der Waals surface area (Å²) in [7, 11) is -3.29. The predicted molar refractivity (Wildman–Crippen MR) is 103 cm³/mol. The first-order chi connectivity index (χ1) is 11.4.